The van der Waals surface area contributed by atoms with Crippen LogP contribution >= 0.6 is 22.6 Å². The second-order valence-electron chi connectivity index (χ2n) is 4.42. The van der Waals surface area contributed by atoms with E-state index in [1.54, 1.807) is 0 Å². The Bertz CT molecular complexity index is 340. The molecular weight excluding hydrogens is 315 g/mol. The molecule has 0 aliphatic carbocycles. The van der Waals surface area contributed by atoms with Crippen LogP contribution in [0.4, 0.5) is 5.95 Å². The maximum atomic E-state index is 4.27. The van der Waals surface area contributed by atoms with E-state index in [0.717, 1.165) is 28.9 Å². The maximum Gasteiger partial charge on any atom is 0.222 e. The number of hydrogen-bond acceptors (Lipinski definition) is 4. The Labute approximate surface area is 110 Å². The molecule has 16 heavy (non-hydrogen) atoms. The molecule has 0 saturated carbocycles. The van der Waals surface area contributed by atoms with Crippen LogP contribution in [-0.2, 0) is 0 Å². The van der Waals surface area contributed by atoms with Crippen LogP contribution in [0.3, 0.4) is 0 Å². The van der Waals surface area contributed by atoms with Crippen molar-refractivity contribution in [2.75, 3.05) is 18.9 Å². The molecule has 0 amide bonds. The van der Waals surface area contributed by atoms with Crippen molar-refractivity contribution >= 4 is 28.5 Å². The zero-order valence-corrected chi connectivity index (χ0v) is 11.8. The Morgan fingerprint density at radius 2 is 2.12 bits per heavy atom. The minimum absolute atomic E-state index is 0.506. The van der Waals surface area contributed by atoms with Gasteiger partial charge in [0.05, 0.1) is 0 Å². The van der Waals surface area contributed by atoms with Gasteiger partial charge in [-0.2, -0.15) is 0 Å². The van der Waals surface area contributed by atoms with Gasteiger partial charge in [0.2, 0.25) is 5.95 Å². The van der Waals surface area contributed by atoms with Crippen LogP contribution < -0.4 is 5.32 Å². The molecule has 1 saturated heterocycles. The third-order valence-electron chi connectivity index (χ3n) is 3.16. The highest BCUT2D eigenvalue weighted by Gasteiger charge is 2.22. The third-order valence-corrected chi connectivity index (χ3v) is 3.72. The van der Waals surface area contributed by atoms with Crippen molar-refractivity contribution in [1.82, 2.24) is 14.9 Å². The highest BCUT2D eigenvalue weighted by atomic mass is 127. The lowest BCUT2D eigenvalue weighted by molar-refractivity contribution is 0.190. The van der Waals surface area contributed by atoms with Gasteiger partial charge in [-0.05, 0) is 49.4 Å². The van der Waals surface area contributed by atoms with E-state index in [1.165, 1.54) is 0 Å². The Hall–Kier alpha value is -0.430. The number of halogens is 1. The zero-order valence-electron chi connectivity index (χ0n) is 9.65. The Morgan fingerprint density at radius 1 is 1.44 bits per heavy atom. The van der Waals surface area contributed by atoms with Crippen LogP contribution in [0.25, 0.3) is 0 Å². The van der Waals surface area contributed by atoms with Crippen LogP contribution in [0.2, 0.25) is 0 Å². The number of likely N-dealkylation sites (tertiary alicyclic amines) is 1. The Morgan fingerprint density at radius 3 is 2.75 bits per heavy atom. The summed E-state index contributed by atoms with van der Waals surface area (Å²) in [5, 5.41) is 3.41. The van der Waals surface area contributed by atoms with Crippen LogP contribution in [0.5, 0.6) is 0 Å². The van der Waals surface area contributed by atoms with Crippen LogP contribution in [-0.4, -0.2) is 40.5 Å². The minimum atomic E-state index is 0.506. The molecule has 88 valence electrons. The molecule has 1 fully saturated rings. The summed E-state index contributed by atoms with van der Waals surface area (Å²) < 4.78 is 1.07. The first-order valence-electron chi connectivity index (χ1n) is 5.59. The SMILES string of the molecule is CC1CC(Nc2ncc(I)cn2)CCN1C. The smallest absolute Gasteiger partial charge is 0.222 e. The number of nitrogens with zero attached hydrogens (tertiary/aromatic N) is 3. The zero-order chi connectivity index (χ0) is 11.5. The molecule has 0 bridgehead atoms. The summed E-state index contributed by atoms with van der Waals surface area (Å²) >= 11 is 2.21. The number of piperidine rings is 1. The number of nitrogens with one attached hydrogen (secondary N) is 1. The van der Waals surface area contributed by atoms with Crippen LogP contribution in [0.1, 0.15) is 19.8 Å². The van der Waals surface area contributed by atoms with Crippen LogP contribution in [0, 0.1) is 3.57 Å². The van der Waals surface area contributed by atoms with Gasteiger partial charge in [0.15, 0.2) is 0 Å². The number of aromatic nitrogens is 2. The molecule has 0 spiro atoms. The van der Waals surface area contributed by atoms with E-state index in [2.05, 4.69) is 56.7 Å². The average Bonchev–Trinajstić information content (AvgIpc) is 2.27. The summed E-state index contributed by atoms with van der Waals surface area (Å²) in [5.74, 6) is 0.752. The lowest BCUT2D eigenvalue weighted by Gasteiger charge is -2.35. The fourth-order valence-electron chi connectivity index (χ4n) is 1.99. The fourth-order valence-corrected chi connectivity index (χ4v) is 2.27. The van der Waals surface area contributed by atoms with Gasteiger partial charge in [-0.1, -0.05) is 0 Å². The van der Waals surface area contributed by atoms with Crippen molar-refractivity contribution in [2.45, 2.75) is 31.8 Å². The van der Waals surface area contributed by atoms with Crippen molar-refractivity contribution in [1.29, 1.82) is 0 Å². The summed E-state index contributed by atoms with van der Waals surface area (Å²) in [4.78, 5) is 10.9. The molecular formula is C11H17IN4. The van der Waals surface area contributed by atoms with Crippen molar-refractivity contribution in [3.8, 4) is 0 Å². The first kappa shape index (κ1) is 12.0. The molecule has 5 heteroatoms. The van der Waals surface area contributed by atoms with Gasteiger partial charge in [-0.15, -0.1) is 0 Å². The summed E-state index contributed by atoms with van der Waals surface area (Å²) in [6.45, 7) is 3.41. The molecule has 1 aromatic rings. The molecule has 1 aliphatic rings. The number of rotatable bonds is 2. The normalized spacial score (nSPS) is 26.7. The molecule has 2 heterocycles. The summed E-state index contributed by atoms with van der Waals surface area (Å²) in [7, 11) is 2.18. The van der Waals surface area contributed by atoms with Crippen molar-refractivity contribution in [3.05, 3.63) is 16.0 Å². The predicted molar refractivity (Wildman–Crippen MR) is 73.5 cm³/mol. The quantitative estimate of drug-likeness (QED) is 0.841. The summed E-state index contributed by atoms with van der Waals surface area (Å²) in [6, 6.07) is 1.14. The summed E-state index contributed by atoms with van der Waals surface area (Å²) in [6.07, 6.45) is 6.00. The van der Waals surface area contributed by atoms with E-state index in [0.29, 0.717) is 12.1 Å². The van der Waals surface area contributed by atoms with Gasteiger partial charge in [-0.25, -0.2) is 9.97 Å². The molecule has 0 radical (unpaired) electrons. The molecule has 1 N–H and O–H groups in total. The lowest BCUT2D eigenvalue weighted by atomic mass is 9.99. The first-order valence-corrected chi connectivity index (χ1v) is 6.67. The van der Waals surface area contributed by atoms with Crippen molar-refractivity contribution < 1.29 is 0 Å². The largest absolute Gasteiger partial charge is 0.351 e. The van der Waals surface area contributed by atoms with E-state index >= 15 is 0 Å². The van der Waals surface area contributed by atoms with Crippen LogP contribution in [0.15, 0.2) is 12.4 Å². The highest BCUT2D eigenvalue weighted by molar-refractivity contribution is 14.1. The molecule has 2 unspecified atom stereocenters. The third kappa shape index (κ3) is 3.04. The lowest BCUT2D eigenvalue weighted by Crippen LogP contribution is -2.42. The Balaban J connectivity index is 1.93. The molecule has 2 rings (SSSR count). The highest BCUT2D eigenvalue weighted by Crippen LogP contribution is 2.18. The number of hydrogen-bond donors (Lipinski definition) is 1. The van der Waals surface area contributed by atoms with Gasteiger partial charge in [0, 0.05) is 34.6 Å². The van der Waals surface area contributed by atoms with E-state index in [-0.39, 0.29) is 0 Å². The first-order chi connectivity index (χ1) is 7.65. The Kier molecular flexibility index (Phi) is 3.96. The molecule has 1 aromatic heterocycles. The topological polar surface area (TPSA) is 41.1 Å². The van der Waals surface area contributed by atoms with Gasteiger partial charge in [0.1, 0.15) is 0 Å². The van der Waals surface area contributed by atoms with E-state index in [9.17, 15) is 0 Å². The van der Waals surface area contributed by atoms with E-state index in [4.69, 9.17) is 0 Å². The van der Waals surface area contributed by atoms with Gasteiger partial charge >= 0.3 is 0 Å². The molecule has 1 aliphatic heterocycles. The van der Waals surface area contributed by atoms with Gasteiger partial charge < -0.3 is 10.2 Å². The number of anilines is 1. The second kappa shape index (κ2) is 5.27. The van der Waals surface area contributed by atoms with Crippen molar-refractivity contribution in [2.24, 2.45) is 0 Å². The standard InChI is InChI=1S/C11H17IN4/c1-8-5-10(3-4-16(8)2)15-11-13-6-9(12)7-14-11/h6-8,10H,3-5H2,1-2H3,(H,13,14,15). The molecule has 0 aromatic carbocycles. The predicted octanol–water partition coefficient (Wildman–Crippen LogP) is 1.98. The van der Waals surface area contributed by atoms with Crippen molar-refractivity contribution in [3.63, 3.8) is 0 Å². The minimum Gasteiger partial charge on any atom is -0.351 e. The summed E-state index contributed by atoms with van der Waals surface area (Å²) in [5.41, 5.74) is 0. The maximum absolute atomic E-state index is 4.27. The molecule has 2 atom stereocenters. The van der Waals surface area contributed by atoms with E-state index < -0.39 is 0 Å². The average molecular weight is 332 g/mol. The molecule has 4 nitrogen and oxygen atoms in total. The van der Waals surface area contributed by atoms with Gasteiger partial charge in [-0.3, -0.25) is 0 Å². The van der Waals surface area contributed by atoms with E-state index in [1.807, 2.05) is 12.4 Å². The van der Waals surface area contributed by atoms with Gasteiger partial charge in [0.25, 0.3) is 0 Å². The second-order valence-corrected chi connectivity index (χ2v) is 5.67. The monoisotopic (exact) mass is 332 g/mol. The fraction of sp³-hybridized carbons (Fsp3) is 0.636.